The third-order valence-corrected chi connectivity index (χ3v) is 6.94. The lowest BCUT2D eigenvalue weighted by Gasteiger charge is -2.26. The van der Waals surface area contributed by atoms with E-state index >= 15 is 0 Å². The predicted molar refractivity (Wildman–Crippen MR) is 113 cm³/mol. The first-order chi connectivity index (χ1) is 13.5. The van der Waals surface area contributed by atoms with E-state index in [0.717, 1.165) is 18.5 Å². The molecule has 0 spiro atoms. The summed E-state index contributed by atoms with van der Waals surface area (Å²) < 4.78 is 27.3. The van der Waals surface area contributed by atoms with Gasteiger partial charge < -0.3 is 10.2 Å². The second-order valence-corrected chi connectivity index (χ2v) is 10.4. The highest BCUT2D eigenvalue weighted by atomic mass is 32.2. The van der Waals surface area contributed by atoms with Gasteiger partial charge in [-0.3, -0.25) is 9.59 Å². The van der Waals surface area contributed by atoms with Crippen molar-refractivity contribution < 1.29 is 18.0 Å². The van der Waals surface area contributed by atoms with Crippen molar-refractivity contribution in [1.82, 2.24) is 14.5 Å². The molecule has 0 aromatic heterocycles. The summed E-state index contributed by atoms with van der Waals surface area (Å²) in [5.41, 5.74) is 0.469. The molecule has 0 radical (unpaired) electrons. The van der Waals surface area contributed by atoms with Crippen molar-refractivity contribution in [3.8, 4) is 0 Å². The highest BCUT2D eigenvalue weighted by Crippen LogP contribution is 2.18. The zero-order chi connectivity index (χ0) is 21.7. The van der Waals surface area contributed by atoms with Gasteiger partial charge in [-0.1, -0.05) is 17.7 Å². The molecule has 0 unspecified atom stereocenters. The lowest BCUT2D eigenvalue weighted by atomic mass is 9.98. The number of carbonyl (C=O) groups excluding carboxylic acids is 2. The molecule has 1 aliphatic heterocycles. The Morgan fingerprint density at radius 2 is 1.72 bits per heavy atom. The van der Waals surface area contributed by atoms with Crippen molar-refractivity contribution in [3.63, 3.8) is 0 Å². The Morgan fingerprint density at radius 3 is 2.34 bits per heavy atom. The first-order valence-corrected chi connectivity index (χ1v) is 11.5. The molecule has 1 aromatic carbocycles. The van der Waals surface area contributed by atoms with Crippen molar-refractivity contribution in [3.05, 3.63) is 29.8 Å². The minimum atomic E-state index is -3.50. The van der Waals surface area contributed by atoms with E-state index in [4.69, 9.17) is 0 Å². The number of Topliss-reactive ketones (excluding diaryl/α,β-unsaturated/α-hetero) is 1. The normalized spacial score (nSPS) is 17.0. The molecule has 29 heavy (non-hydrogen) atoms. The SMILES string of the molecule is CC(=O)CC(C)(C)NC(=O)CCN1CCCN(S(=O)(=O)c2ccc(C)cc2)CC1. The van der Waals surface area contributed by atoms with Crippen LogP contribution < -0.4 is 5.32 Å². The largest absolute Gasteiger partial charge is 0.351 e. The fourth-order valence-electron chi connectivity index (χ4n) is 3.64. The average Bonchev–Trinajstić information content (AvgIpc) is 2.85. The number of aryl methyl sites for hydroxylation is 1. The Kier molecular flexibility index (Phi) is 7.96. The highest BCUT2D eigenvalue weighted by molar-refractivity contribution is 7.89. The van der Waals surface area contributed by atoms with Gasteiger partial charge in [0.1, 0.15) is 5.78 Å². The summed E-state index contributed by atoms with van der Waals surface area (Å²) >= 11 is 0. The Balaban J connectivity index is 1.87. The molecular weight excluding hydrogens is 390 g/mol. The maximum atomic E-state index is 12.9. The van der Waals surface area contributed by atoms with Gasteiger partial charge in [0.15, 0.2) is 0 Å². The van der Waals surface area contributed by atoms with Crippen molar-refractivity contribution in [2.24, 2.45) is 0 Å². The molecule has 0 atom stereocenters. The van der Waals surface area contributed by atoms with Crippen LogP contribution in [0.5, 0.6) is 0 Å². The van der Waals surface area contributed by atoms with E-state index in [1.54, 1.807) is 12.1 Å². The van der Waals surface area contributed by atoms with Crippen LogP contribution in [0.3, 0.4) is 0 Å². The summed E-state index contributed by atoms with van der Waals surface area (Å²) in [5.74, 6) is -0.0534. The summed E-state index contributed by atoms with van der Waals surface area (Å²) in [7, 11) is -3.50. The van der Waals surface area contributed by atoms with Gasteiger partial charge in [0, 0.05) is 44.6 Å². The number of sulfonamides is 1. The summed E-state index contributed by atoms with van der Waals surface area (Å²) in [5, 5.41) is 2.91. The van der Waals surface area contributed by atoms with Gasteiger partial charge in [-0.2, -0.15) is 4.31 Å². The first kappa shape index (κ1) is 23.5. The van der Waals surface area contributed by atoms with E-state index < -0.39 is 15.6 Å². The molecule has 0 bridgehead atoms. The van der Waals surface area contributed by atoms with E-state index in [0.29, 0.717) is 43.9 Å². The van der Waals surface area contributed by atoms with Crippen LogP contribution in [0, 0.1) is 6.92 Å². The second-order valence-electron chi connectivity index (χ2n) is 8.47. The van der Waals surface area contributed by atoms with Gasteiger partial charge >= 0.3 is 0 Å². The van der Waals surface area contributed by atoms with Crippen molar-refractivity contribution in [2.45, 2.75) is 57.4 Å². The number of nitrogens with one attached hydrogen (secondary N) is 1. The lowest BCUT2D eigenvalue weighted by molar-refractivity contribution is -0.124. The lowest BCUT2D eigenvalue weighted by Crippen LogP contribution is -2.45. The molecule has 7 nitrogen and oxygen atoms in total. The average molecular weight is 424 g/mol. The quantitative estimate of drug-likeness (QED) is 0.691. The van der Waals surface area contributed by atoms with Gasteiger partial charge in [0.05, 0.1) is 4.90 Å². The van der Waals surface area contributed by atoms with Crippen LogP contribution >= 0.6 is 0 Å². The van der Waals surface area contributed by atoms with Crippen LogP contribution in [0.4, 0.5) is 0 Å². The predicted octanol–water partition coefficient (Wildman–Crippen LogP) is 1.96. The van der Waals surface area contributed by atoms with E-state index in [1.165, 1.54) is 11.2 Å². The molecule has 1 heterocycles. The number of benzene rings is 1. The minimum absolute atomic E-state index is 0.0395. The Morgan fingerprint density at radius 1 is 1.07 bits per heavy atom. The molecule has 0 saturated carbocycles. The molecule has 2 rings (SSSR count). The molecule has 1 N–H and O–H groups in total. The van der Waals surface area contributed by atoms with Gasteiger partial charge in [-0.15, -0.1) is 0 Å². The number of hydrogen-bond donors (Lipinski definition) is 1. The standard InChI is InChI=1S/C21H33N3O4S/c1-17-6-8-19(9-7-17)29(27,28)24-12-5-11-23(14-15-24)13-10-20(26)22-21(3,4)16-18(2)25/h6-9H,5,10-16H2,1-4H3,(H,22,26). The van der Waals surface area contributed by atoms with Crippen LogP contribution in [0.2, 0.25) is 0 Å². The maximum absolute atomic E-state index is 12.9. The molecule has 1 fully saturated rings. The van der Waals surface area contributed by atoms with Crippen LogP contribution in [-0.4, -0.2) is 67.6 Å². The number of amides is 1. The maximum Gasteiger partial charge on any atom is 0.243 e. The third kappa shape index (κ3) is 7.21. The van der Waals surface area contributed by atoms with Crippen LogP contribution in [0.1, 0.15) is 45.6 Å². The van der Waals surface area contributed by atoms with Gasteiger partial charge in [0.25, 0.3) is 0 Å². The third-order valence-electron chi connectivity index (χ3n) is 5.03. The fraction of sp³-hybridized carbons (Fsp3) is 0.619. The molecule has 1 amide bonds. The number of rotatable bonds is 8. The summed E-state index contributed by atoms with van der Waals surface area (Å²) in [6, 6.07) is 6.92. The summed E-state index contributed by atoms with van der Waals surface area (Å²) in [6.07, 6.45) is 1.35. The van der Waals surface area contributed by atoms with Gasteiger partial charge in [0.2, 0.25) is 15.9 Å². The van der Waals surface area contributed by atoms with Crippen LogP contribution in [0.25, 0.3) is 0 Å². The van der Waals surface area contributed by atoms with E-state index in [-0.39, 0.29) is 11.7 Å². The smallest absolute Gasteiger partial charge is 0.243 e. The molecule has 162 valence electrons. The molecule has 0 aliphatic carbocycles. The molecule has 1 aromatic rings. The summed E-state index contributed by atoms with van der Waals surface area (Å²) in [4.78, 5) is 26.0. The van der Waals surface area contributed by atoms with Crippen LogP contribution in [0.15, 0.2) is 29.2 Å². The molecule has 1 aliphatic rings. The van der Waals surface area contributed by atoms with E-state index in [1.807, 2.05) is 32.9 Å². The number of nitrogens with zero attached hydrogens (tertiary/aromatic N) is 2. The molecular formula is C21H33N3O4S. The Bertz CT molecular complexity index is 819. The van der Waals surface area contributed by atoms with Gasteiger partial charge in [-0.05, 0) is 52.8 Å². The second kappa shape index (κ2) is 9.82. The zero-order valence-corrected chi connectivity index (χ0v) is 18.7. The monoisotopic (exact) mass is 423 g/mol. The van der Waals surface area contributed by atoms with Crippen LogP contribution in [-0.2, 0) is 19.6 Å². The van der Waals surface area contributed by atoms with E-state index in [9.17, 15) is 18.0 Å². The van der Waals surface area contributed by atoms with Gasteiger partial charge in [-0.25, -0.2) is 8.42 Å². The number of carbonyl (C=O) groups is 2. The zero-order valence-electron chi connectivity index (χ0n) is 17.9. The molecule has 8 heteroatoms. The van der Waals surface area contributed by atoms with Crippen molar-refractivity contribution >= 4 is 21.7 Å². The van der Waals surface area contributed by atoms with Crippen molar-refractivity contribution in [2.75, 3.05) is 32.7 Å². The fourth-order valence-corrected chi connectivity index (χ4v) is 5.11. The van der Waals surface area contributed by atoms with E-state index in [2.05, 4.69) is 10.2 Å². The minimum Gasteiger partial charge on any atom is -0.351 e. The first-order valence-electron chi connectivity index (χ1n) is 10.1. The number of hydrogen-bond acceptors (Lipinski definition) is 5. The topological polar surface area (TPSA) is 86.8 Å². The Labute approximate surface area is 174 Å². The number of ketones is 1. The molecule has 1 saturated heterocycles. The summed E-state index contributed by atoms with van der Waals surface area (Å²) in [6.45, 7) is 9.93. The highest BCUT2D eigenvalue weighted by Gasteiger charge is 2.27. The van der Waals surface area contributed by atoms with Crippen molar-refractivity contribution in [1.29, 1.82) is 0 Å². The Hall–Kier alpha value is -1.77.